The zero-order valence-corrected chi connectivity index (χ0v) is 13.6. The van der Waals surface area contributed by atoms with E-state index in [1.165, 1.54) is 50.6 Å². The Kier molecular flexibility index (Phi) is 5.67. The molecule has 2 aromatic rings. The van der Waals surface area contributed by atoms with Crippen molar-refractivity contribution in [2.24, 2.45) is 0 Å². The molecule has 2 aromatic carbocycles. The van der Waals surface area contributed by atoms with Crippen LogP contribution in [0.15, 0.2) is 42.5 Å². The molecule has 0 N–H and O–H groups in total. The van der Waals surface area contributed by atoms with Gasteiger partial charge in [-0.05, 0) is 30.3 Å². The Hall–Kier alpha value is -3.42. The predicted molar refractivity (Wildman–Crippen MR) is 87.3 cm³/mol. The third-order valence-electron chi connectivity index (χ3n) is 3.35. The molecule has 25 heavy (non-hydrogen) atoms. The van der Waals surface area contributed by atoms with Crippen molar-refractivity contribution >= 4 is 17.4 Å². The van der Waals surface area contributed by atoms with Gasteiger partial charge in [-0.1, -0.05) is 0 Å². The molecule has 0 aromatic heterocycles. The number of non-ortho nitro benzene ring substituents is 1. The second kappa shape index (κ2) is 7.91. The van der Waals surface area contributed by atoms with Crippen LogP contribution in [0.25, 0.3) is 0 Å². The number of ether oxygens (including phenoxy) is 3. The van der Waals surface area contributed by atoms with Crippen LogP contribution >= 0.6 is 0 Å². The van der Waals surface area contributed by atoms with E-state index < -0.39 is 23.3 Å². The standard InChI is InChI=1S/C17H15NO7/c1-23-15-8-5-12(9-16(15)24-2)14(19)10-25-17(20)11-3-6-13(7-4-11)18(21)22/h3-9H,10H2,1-2H3. The van der Waals surface area contributed by atoms with Crippen LogP contribution in [0.4, 0.5) is 5.69 Å². The lowest BCUT2D eigenvalue weighted by Gasteiger charge is -2.09. The van der Waals surface area contributed by atoms with Crippen molar-refractivity contribution in [3.63, 3.8) is 0 Å². The maximum absolute atomic E-state index is 12.1. The summed E-state index contributed by atoms with van der Waals surface area (Å²) in [6, 6.07) is 9.50. The summed E-state index contributed by atoms with van der Waals surface area (Å²) >= 11 is 0. The lowest BCUT2D eigenvalue weighted by molar-refractivity contribution is -0.384. The smallest absolute Gasteiger partial charge is 0.338 e. The van der Waals surface area contributed by atoms with Gasteiger partial charge < -0.3 is 14.2 Å². The Morgan fingerprint density at radius 2 is 1.56 bits per heavy atom. The van der Waals surface area contributed by atoms with E-state index >= 15 is 0 Å². The predicted octanol–water partition coefficient (Wildman–Crippen LogP) is 2.65. The van der Waals surface area contributed by atoms with Gasteiger partial charge in [-0.15, -0.1) is 0 Å². The van der Waals surface area contributed by atoms with Crippen LogP contribution in [0.3, 0.4) is 0 Å². The number of carbonyl (C=O) groups excluding carboxylic acids is 2. The zero-order chi connectivity index (χ0) is 18.4. The Morgan fingerprint density at radius 1 is 0.960 bits per heavy atom. The van der Waals surface area contributed by atoms with Gasteiger partial charge in [-0.25, -0.2) is 4.79 Å². The summed E-state index contributed by atoms with van der Waals surface area (Å²) in [4.78, 5) is 34.0. The molecular formula is C17H15NO7. The van der Waals surface area contributed by atoms with E-state index in [9.17, 15) is 19.7 Å². The highest BCUT2D eigenvalue weighted by molar-refractivity contribution is 5.99. The van der Waals surface area contributed by atoms with Crippen LogP contribution in [0, 0.1) is 10.1 Å². The zero-order valence-electron chi connectivity index (χ0n) is 13.6. The van der Waals surface area contributed by atoms with Crippen LogP contribution in [-0.4, -0.2) is 37.5 Å². The average molecular weight is 345 g/mol. The molecule has 0 unspecified atom stereocenters. The molecule has 0 saturated carbocycles. The fourth-order valence-electron chi connectivity index (χ4n) is 2.03. The van der Waals surface area contributed by atoms with Crippen LogP contribution in [0.5, 0.6) is 11.5 Å². The van der Waals surface area contributed by atoms with E-state index in [1.54, 1.807) is 6.07 Å². The number of nitro benzene ring substituents is 1. The van der Waals surface area contributed by atoms with Gasteiger partial charge in [0.15, 0.2) is 23.9 Å². The van der Waals surface area contributed by atoms with Gasteiger partial charge in [-0.2, -0.15) is 0 Å². The number of Topliss-reactive ketones (excluding diaryl/α,β-unsaturated/α-hetero) is 1. The summed E-state index contributed by atoms with van der Waals surface area (Å²) in [6.07, 6.45) is 0. The fraction of sp³-hybridized carbons (Fsp3) is 0.176. The number of benzene rings is 2. The van der Waals surface area contributed by atoms with Gasteiger partial charge in [-0.3, -0.25) is 14.9 Å². The minimum absolute atomic E-state index is 0.116. The third kappa shape index (κ3) is 4.31. The van der Waals surface area contributed by atoms with E-state index in [2.05, 4.69) is 0 Å². The maximum atomic E-state index is 12.1. The summed E-state index contributed by atoms with van der Waals surface area (Å²) in [7, 11) is 2.92. The Labute approximate surface area is 143 Å². The Balaban J connectivity index is 2.01. The summed E-state index contributed by atoms with van der Waals surface area (Å²) in [5, 5.41) is 10.6. The van der Waals surface area contributed by atoms with E-state index in [0.717, 1.165) is 0 Å². The number of carbonyl (C=O) groups is 2. The summed E-state index contributed by atoms with van der Waals surface area (Å²) in [5.41, 5.74) is 0.276. The van der Waals surface area contributed by atoms with Gasteiger partial charge in [0.25, 0.3) is 5.69 Å². The number of ketones is 1. The fourth-order valence-corrected chi connectivity index (χ4v) is 2.03. The molecular weight excluding hydrogens is 330 g/mol. The highest BCUT2D eigenvalue weighted by atomic mass is 16.6. The molecule has 8 nitrogen and oxygen atoms in total. The second-order valence-corrected chi connectivity index (χ2v) is 4.87. The molecule has 0 saturated heterocycles. The highest BCUT2D eigenvalue weighted by Crippen LogP contribution is 2.27. The summed E-state index contributed by atoms with van der Waals surface area (Å²) < 4.78 is 15.1. The molecule has 0 amide bonds. The molecule has 8 heteroatoms. The van der Waals surface area contributed by atoms with Gasteiger partial charge in [0.05, 0.1) is 24.7 Å². The van der Waals surface area contributed by atoms with Crippen molar-refractivity contribution in [2.45, 2.75) is 0 Å². The first-order valence-electron chi connectivity index (χ1n) is 7.13. The molecule has 0 spiro atoms. The first-order valence-corrected chi connectivity index (χ1v) is 7.13. The molecule has 0 radical (unpaired) electrons. The molecule has 0 aliphatic carbocycles. The third-order valence-corrected chi connectivity index (χ3v) is 3.35. The van der Waals surface area contributed by atoms with Crippen molar-refractivity contribution in [1.29, 1.82) is 0 Å². The minimum atomic E-state index is -0.747. The number of hydrogen-bond acceptors (Lipinski definition) is 7. The van der Waals surface area contributed by atoms with Gasteiger partial charge in [0.1, 0.15) is 0 Å². The minimum Gasteiger partial charge on any atom is -0.493 e. The number of rotatable bonds is 7. The number of esters is 1. The molecule has 0 aliphatic heterocycles. The summed E-state index contributed by atoms with van der Waals surface area (Å²) in [6.45, 7) is -0.467. The number of nitro groups is 1. The average Bonchev–Trinajstić information content (AvgIpc) is 2.65. The van der Waals surface area contributed by atoms with Gasteiger partial charge in [0.2, 0.25) is 0 Å². The molecule has 0 fully saturated rings. The van der Waals surface area contributed by atoms with Crippen LogP contribution < -0.4 is 9.47 Å². The quantitative estimate of drug-likeness (QED) is 0.329. The topological polar surface area (TPSA) is 105 Å². The lowest BCUT2D eigenvalue weighted by atomic mass is 10.1. The second-order valence-electron chi connectivity index (χ2n) is 4.87. The van der Waals surface area contributed by atoms with E-state index in [1.807, 2.05) is 0 Å². The van der Waals surface area contributed by atoms with Gasteiger partial charge in [0, 0.05) is 17.7 Å². The van der Waals surface area contributed by atoms with E-state index in [-0.39, 0.29) is 11.3 Å². The van der Waals surface area contributed by atoms with Crippen molar-refractivity contribution in [3.05, 3.63) is 63.7 Å². The Bertz CT molecular complexity index is 799. The molecule has 0 atom stereocenters. The number of methoxy groups -OCH3 is 2. The molecule has 0 heterocycles. The van der Waals surface area contributed by atoms with Crippen molar-refractivity contribution in [3.8, 4) is 11.5 Å². The lowest BCUT2D eigenvalue weighted by Crippen LogP contribution is -2.14. The molecule has 0 bridgehead atoms. The van der Waals surface area contributed by atoms with Crippen LogP contribution in [-0.2, 0) is 4.74 Å². The largest absolute Gasteiger partial charge is 0.493 e. The number of hydrogen-bond donors (Lipinski definition) is 0. The van der Waals surface area contributed by atoms with Crippen LogP contribution in [0.1, 0.15) is 20.7 Å². The monoisotopic (exact) mass is 345 g/mol. The highest BCUT2D eigenvalue weighted by Gasteiger charge is 2.15. The van der Waals surface area contributed by atoms with Crippen LogP contribution in [0.2, 0.25) is 0 Å². The van der Waals surface area contributed by atoms with Crippen molar-refractivity contribution in [2.75, 3.05) is 20.8 Å². The SMILES string of the molecule is COc1ccc(C(=O)COC(=O)c2ccc([N+](=O)[O-])cc2)cc1OC. The first-order chi connectivity index (χ1) is 12.0. The molecule has 130 valence electrons. The molecule has 2 rings (SSSR count). The maximum Gasteiger partial charge on any atom is 0.338 e. The van der Waals surface area contributed by atoms with Crippen molar-refractivity contribution < 1.29 is 28.7 Å². The van der Waals surface area contributed by atoms with Gasteiger partial charge >= 0.3 is 5.97 Å². The van der Waals surface area contributed by atoms with E-state index in [0.29, 0.717) is 17.1 Å². The number of nitrogens with zero attached hydrogens (tertiary/aromatic N) is 1. The first kappa shape index (κ1) is 17.9. The normalized spacial score (nSPS) is 10.0. The Morgan fingerprint density at radius 3 is 2.12 bits per heavy atom. The summed E-state index contributed by atoms with van der Waals surface area (Å²) in [5.74, 6) is -0.308. The van der Waals surface area contributed by atoms with Crippen molar-refractivity contribution in [1.82, 2.24) is 0 Å². The van der Waals surface area contributed by atoms with E-state index in [4.69, 9.17) is 14.2 Å². The molecule has 0 aliphatic rings.